The number of hydrogen-bond donors (Lipinski definition) is 2. The van der Waals surface area contributed by atoms with Crippen LogP contribution in [-0.4, -0.2) is 33.8 Å². The predicted molar refractivity (Wildman–Crippen MR) is 64.7 cm³/mol. The van der Waals surface area contributed by atoms with Crippen molar-refractivity contribution in [3.05, 3.63) is 28.3 Å². The molecule has 1 atom stereocenters. The van der Waals surface area contributed by atoms with Crippen molar-refractivity contribution >= 4 is 11.9 Å². The summed E-state index contributed by atoms with van der Waals surface area (Å²) in [6, 6.07) is -0.706. The molecular formula is C11H12N4O4. The minimum Gasteiger partial charge on any atom is -0.465 e. The molecule has 1 unspecified atom stereocenters. The van der Waals surface area contributed by atoms with Gasteiger partial charge >= 0.3 is 5.97 Å². The minimum absolute atomic E-state index is 0.0893. The van der Waals surface area contributed by atoms with Crippen LogP contribution >= 0.6 is 0 Å². The lowest BCUT2D eigenvalue weighted by Gasteiger charge is -2.15. The molecule has 0 spiro atoms. The molecule has 2 rings (SSSR count). The van der Waals surface area contributed by atoms with Gasteiger partial charge in [0, 0.05) is 12.4 Å². The summed E-state index contributed by atoms with van der Waals surface area (Å²) in [5.74, 6) is -1.24. The number of amides is 1. The predicted octanol–water partition coefficient (Wildman–Crippen LogP) is -0.491. The Hall–Kier alpha value is -2.64. The van der Waals surface area contributed by atoms with Crippen LogP contribution in [0.5, 0.6) is 0 Å². The fourth-order valence-electron chi connectivity index (χ4n) is 1.69. The van der Waals surface area contributed by atoms with Crippen molar-refractivity contribution in [2.45, 2.75) is 13.0 Å². The number of carbonyl (C=O) groups excluding carboxylic acids is 2. The van der Waals surface area contributed by atoms with E-state index in [0.29, 0.717) is 0 Å². The summed E-state index contributed by atoms with van der Waals surface area (Å²) in [5.41, 5.74) is 5.23. The first-order valence-corrected chi connectivity index (χ1v) is 5.43. The maximum Gasteiger partial charge on any atom is 0.341 e. The van der Waals surface area contributed by atoms with Crippen molar-refractivity contribution in [3.63, 3.8) is 0 Å². The lowest BCUT2D eigenvalue weighted by molar-refractivity contribution is -0.120. The highest BCUT2D eigenvalue weighted by molar-refractivity contribution is 5.96. The number of primary amides is 1. The number of nitrogens with two attached hydrogens (primary N) is 1. The number of hydrogen-bond acceptors (Lipinski definition) is 5. The lowest BCUT2D eigenvalue weighted by atomic mass is 10.1. The van der Waals surface area contributed by atoms with Crippen LogP contribution in [0.3, 0.4) is 0 Å². The van der Waals surface area contributed by atoms with Crippen molar-refractivity contribution in [1.82, 2.24) is 14.8 Å². The zero-order valence-corrected chi connectivity index (χ0v) is 10.3. The fraction of sp³-hybridized carbons (Fsp3) is 0.273. The van der Waals surface area contributed by atoms with Crippen molar-refractivity contribution in [3.8, 4) is 11.3 Å². The van der Waals surface area contributed by atoms with Crippen LogP contribution in [0.2, 0.25) is 0 Å². The number of aromatic amines is 1. The quantitative estimate of drug-likeness (QED) is 0.725. The molecule has 8 heteroatoms. The van der Waals surface area contributed by atoms with Gasteiger partial charge in [0.25, 0.3) is 5.56 Å². The van der Waals surface area contributed by atoms with Gasteiger partial charge in [0.1, 0.15) is 17.3 Å². The van der Waals surface area contributed by atoms with Gasteiger partial charge < -0.3 is 15.0 Å². The van der Waals surface area contributed by atoms with E-state index in [-0.39, 0.29) is 16.8 Å². The number of carbonyl (C=O) groups is 2. The van der Waals surface area contributed by atoms with Gasteiger partial charge in [0.2, 0.25) is 5.91 Å². The molecule has 100 valence electrons. The van der Waals surface area contributed by atoms with E-state index in [1.165, 1.54) is 24.1 Å². The number of aromatic nitrogens is 3. The number of ether oxygens (including phenoxy) is 1. The summed E-state index contributed by atoms with van der Waals surface area (Å²) >= 11 is 0. The van der Waals surface area contributed by atoms with Crippen LogP contribution in [0.1, 0.15) is 23.3 Å². The Morgan fingerprint density at radius 3 is 2.74 bits per heavy atom. The fourth-order valence-corrected chi connectivity index (χ4v) is 1.69. The summed E-state index contributed by atoms with van der Waals surface area (Å²) in [4.78, 5) is 34.5. The van der Waals surface area contributed by atoms with Crippen LogP contribution < -0.4 is 11.3 Å². The third-order valence-electron chi connectivity index (χ3n) is 2.84. The third kappa shape index (κ3) is 2.07. The largest absolute Gasteiger partial charge is 0.465 e. The Kier molecular flexibility index (Phi) is 3.07. The zero-order chi connectivity index (χ0) is 14.2. The summed E-state index contributed by atoms with van der Waals surface area (Å²) < 4.78 is 6.01. The van der Waals surface area contributed by atoms with Gasteiger partial charge in [-0.3, -0.25) is 9.59 Å². The molecule has 0 radical (unpaired) electrons. The Morgan fingerprint density at radius 1 is 1.47 bits per heavy atom. The number of pyridine rings is 1. The van der Waals surface area contributed by atoms with Gasteiger partial charge in [-0.1, -0.05) is 0 Å². The van der Waals surface area contributed by atoms with Crippen molar-refractivity contribution in [1.29, 1.82) is 0 Å². The maximum absolute atomic E-state index is 11.7. The highest BCUT2D eigenvalue weighted by Crippen LogP contribution is 2.22. The SMILES string of the molecule is COC(=O)c1cn(C(C)C(N)=O)cc2c(=O)[nH]nc1-2. The van der Waals surface area contributed by atoms with Gasteiger partial charge in [-0.2, -0.15) is 5.10 Å². The molecule has 0 aliphatic carbocycles. The molecule has 0 aromatic rings. The molecule has 0 aromatic heterocycles. The van der Waals surface area contributed by atoms with Crippen LogP contribution in [-0.2, 0) is 9.53 Å². The van der Waals surface area contributed by atoms with E-state index in [4.69, 9.17) is 5.73 Å². The van der Waals surface area contributed by atoms with Gasteiger partial charge in [-0.05, 0) is 6.92 Å². The standard InChI is InChI=1S/C11H12N4O4/c1-5(9(12)16)15-3-6-8(13-14-10(6)17)7(4-15)11(18)19-2/h3-5H,1-2H3,(H2,12,16)(H,14,17). The lowest BCUT2D eigenvalue weighted by Crippen LogP contribution is -2.25. The molecule has 0 aromatic carbocycles. The Labute approximate surface area is 107 Å². The smallest absolute Gasteiger partial charge is 0.341 e. The number of fused-ring (bicyclic) bond motifs is 1. The molecule has 0 fully saturated rings. The van der Waals surface area contributed by atoms with Crippen LogP contribution in [0, 0.1) is 0 Å². The highest BCUT2D eigenvalue weighted by Gasteiger charge is 2.23. The van der Waals surface area contributed by atoms with Crippen LogP contribution in [0.15, 0.2) is 17.2 Å². The van der Waals surface area contributed by atoms with E-state index >= 15 is 0 Å². The summed E-state index contributed by atoms with van der Waals surface area (Å²) in [6.45, 7) is 1.56. The molecule has 19 heavy (non-hydrogen) atoms. The molecule has 2 heterocycles. The van der Waals surface area contributed by atoms with Gasteiger partial charge in [-0.15, -0.1) is 0 Å². The van der Waals surface area contributed by atoms with Crippen LogP contribution in [0.25, 0.3) is 11.3 Å². The number of H-pyrrole nitrogens is 1. The number of esters is 1. The average molecular weight is 264 g/mol. The zero-order valence-electron chi connectivity index (χ0n) is 10.3. The molecule has 3 N–H and O–H groups in total. The number of nitrogens with one attached hydrogen (secondary N) is 1. The maximum atomic E-state index is 11.7. The average Bonchev–Trinajstić information content (AvgIpc) is 2.77. The van der Waals surface area contributed by atoms with E-state index < -0.39 is 23.5 Å². The van der Waals surface area contributed by atoms with Gasteiger partial charge in [0.15, 0.2) is 0 Å². The Bertz CT molecular complexity index is 672. The van der Waals surface area contributed by atoms with Crippen molar-refractivity contribution < 1.29 is 14.3 Å². The van der Waals surface area contributed by atoms with Gasteiger partial charge in [-0.25, -0.2) is 9.89 Å². The minimum atomic E-state index is -0.706. The second kappa shape index (κ2) is 4.56. The first-order chi connectivity index (χ1) is 8.95. The van der Waals surface area contributed by atoms with Gasteiger partial charge in [0.05, 0.1) is 12.7 Å². The molecule has 0 bridgehead atoms. The highest BCUT2D eigenvalue weighted by atomic mass is 16.5. The first kappa shape index (κ1) is 12.8. The van der Waals surface area contributed by atoms with E-state index in [9.17, 15) is 14.4 Å². The van der Waals surface area contributed by atoms with Crippen molar-refractivity contribution in [2.24, 2.45) is 5.73 Å². The Balaban J connectivity index is 2.70. The van der Waals surface area contributed by atoms with E-state index in [1.54, 1.807) is 6.92 Å². The number of methoxy groups -OCH3 is 1. The van der Waals surface area contributed by atoms with E-state index in [0.717, 1.165) is 0 Å². The topological polar surface area (TPSA) is 120 Å². The van der Waals surface area contributed by atoms with E-state index in [1.807, 2.05) is 0 Å². The van der Waals surface area contributed by atoms with E-state index in [2.05, 4.69) is 14.9 Å². The molecule has 2 aliphatic heterocycles. The molecule has 8 nitrogen and oxygen atoms in total. The van der Waals surface area contributed by atoms with Crippen molar-refractivity contribution in [2.75, 3.05) is 7.11 Å². The molecule has 2 aliphatic rings. The monoisotopic (exact) mass is 264 g/mol. The normalized spacial score (nSPS) is 12.3. The summed E-state index contributed by atoms with van der Waals surface area (Å²) in [6.07, 6.45) is 2.80. The molecular weight excluding hydrogens is 252 g/mol. The second-order valence-electron chi connectivity index (χ2n) is 4.00. The third-order valence-corrected chi connectivity index (χ3v) is 2.84. The molecule has 0 saturated heterocycles. The first-order valence-electron chi connectivity index (χ1n) is 5.43. The summed E-state index contributed by atoms with van der Waals surface area (Å²) in [7, 11) is 1.22. The molecule has 1 amide bonds. The number of nitrogens with zero attached hydrogens (tertiary/aromatic N) is 2. The Morgan fingerprint density at radius 2 is 2.16 bits per heavy atom. The second-order valence-corrected chi connectivity index (χ2v) is 4.00. The molecule has 0 saturated carbocycles. The summed E-state index contributed by atoms with van der Waals surface area (Å²) in [5, 5.41) is 6.01. The van der Waals surface area contributed by atoms with Crippen LogP contribution in [0.4, 0.5) is 0 Å². The number of rotatable bonds is 3.